The zero-order valence-electron chi connectivity index (χ0n) is 25.9. The fourth-order valence-electron chi connectivity index (χ4n) is 4.14. The second-order valence-corrected chi connectivity index (χ2v) is 21.9. The van der Waals surface area contributed by atoms with Crippen molar-refractivity contribution in [3.05, 3.63) is 24.3 Å². The largest absolute Gasteiger partial charge is 0.0654 e. The van der Waals surface area contributed by atoms with Crippen molar-refractivity contribution < 1.29 is 0 Å². The smallest absolute Gasteiger partial charge is 0.0479 e. The minimum absolute atomic E-state index is 0.0675. The maximum absolute atomic E-state index is 2.41. The van der Waals surface area contributed by atoms with Crippen LogP contribution in [0.15, 0.2) is 24.3 Å². The van der Waals surface area contributed by atoms with Gasteiger partial charge in [-0.3, -0.25) is 0 Å². The molecule has 0 amide bonds. The molecule has 0 aromatic heterocycles. The summed E-state index contributed by atoms with van der Waals surface area (Å²) in [6.45, 7) is 13.9. The molecule has 1 aliphatic rings. The summed E-state index contributed by atoms with van der Waals surface area (Å²) in [5.41, 5.74) is 0. The first-order chi connectivity index (χ1) is 17.7. The van der Waals surface area contributed by atoms with Gasteiger partial charge in [0, 0.05) is 17.6 Å². The van der Waals surface area contributed by atoms with Crippen LogP contribution >= 0.6 is 0 Å². The third-order valence-electron chi connectivity index (χ3n) is 6.69. The fourth-order valence-corrected chi connectivity index (χ4v) is 14.3. The predicted molar refractivity (Wildman–Crippen MR) is 179 cm³/mol. The number of unbranched alkanes of at least 4 members (excludes halogenated alkanes) is 6. The van der Waals surface area contributed by atoms with Crippen LogP contribution in [-0.2, 0) is 0 Å². The molecule has 1 aliphatic heterocycles. The summed E-state index contributed by atoms with van der Waals surface area (Å²) in [5.74, 6) is 0. The molecular formula is C32H66Ge2Si2. The topological polar surface area (TPSA) is 0 Å². The standard InChI is InChI=1S/2C12H27Si.C8H12Ge2/c2*1-4-7-10-13(11-8-5-2)12-9-6-3;1-2-6-10-8-4-3-7-9-5-1/h2*4-12H2,1-3H3;1-4H,5-8H2/b;;2-1-,4-3-. The van der Waals surface area contributed by atoms with E-state index in [0.29, 0.717) is 30.9 Å². The van der Waals surface area contributed by atoms with E-state index in [9.17, 15) is 0 Å². The van der Waals surface area contributed by atoms with Crippen molar-refractivity contribution in [2.24, 2.45) is 0 Å². The quantitative estimate of drug-likeness (QED) is 0.102. The Hall–Kier alpha value is 0.999. The van der Waals surface area contributed by atoms with Crippen LogP contribution in [0.25, 0.3) is 0 Å². The molecule has 0 aromatic carbocycles. The van der Waals surface area contributed by atoms with Gasteiger partial charge in [0.2, 0.25) is 0 Å². The number of hydrogen-bond acceptors (Lipinski definition) is 0. The summed E-state index contributed by atoms with van der Waals surface area (Å²) in [6, 6.07) is 9.51. The molecule has 0 spiro atoms. The van der Waals surface area contributed by atoms with Crippen molar-refractivity contribution in [1.29, 1.82) is 0 Å². The molecule has 0 N–H and O–H groups in total. The average molecular weight is 652 g/mol. The Balaban J connectivity index is 0. The Kier molecular flexibility index (Phi) is 39.1. The van der Waals surface area contributed by atoms with Crippen LogP contribution in [0.1, 0.15) is 119 Å². The summed E-state index contributed by atoms with van der Waals surface area (Å²) in [6.07, 6.45) is 26.9. The van der Waals surface area contributed by atoms with Gasteiger partial charge in [0.05, 0.1) is 0 Å². The summed E-state index contributed by atoms with van der Waals surface area (Å²) in [4.78, 5) is 0. The molecule has 0 aliphatic carbocycles. The van der Waals surface area contributed by atoms with E-state index < -0.39 is 0 Å². The van der Waals surface area contributed by atoms with Crippen LogP contribution in [0.3, 0.4) is 0 Å². The van der Waals surface area contributed by atoms with Gasteiger partial charge in [-0.2, -0.15) is 0 Å². The third kappa shape index (κ3) is 33.0. The van der Waals surface area contributed by atoms with Crippen LogP contribution in [-0.4, -0.2) is 48.5 Å². The summed E-state index contributed by atoms with van der Waals surface area (Å²) >= 11 is 0.726. The van der Waals surface area contributed by atoms with Gasteiger partial charge in [-0.25, -0.2) is 0 Å². The molecule has 0 atom stereocenters. The Morgan fingerprint density at radius 2 is 0.583 bits per heavy atom. The molecule has 0 nitrogen and oxygen atoms in total. The van der Waals surface area contributed by atoms with Crippen molar-refractivity contribution in [3.63, 3.8) is 0 Å². The van der Waals surface area contributed by atoms with Crippen molar-refractivity contribution in [2.75, 3.05) is 0 Å². The first-order valence-corrected chi connectivity index (χ1v) is 26.3. The van der Waals surface area contributed by atoms with Crippen molar-refractivity contribution in [3.8, 4) is 0 Å². The van der Waals surface area contributed by atoms with Gasteiger partial charge >= 0.3 is 76.2 Å². The molecule has 0 fully saturated rings. The van der Waals surface area contributed by atoms with Crippen molar-refractivity contribution >= 4 is 48.5 Å². The van der Waals surface area contributed by atoms with Crippen LogP contribution in [0.2, 0.25) is 57.3 Å². The average Bonchev–Trinajstić information content (AvgIpc) is 2.92. The molecule has 0 aromatic rings. The first kappa shape index (κ1) is 39.1. The Morgan fingerprint density at radius 3 is 0.750 bits per heavy atom. The van der Waals surface area contributed by atoms with Crippen LogP contribution in [0, 0.1) is 0 Å². The van der Waals surface area contributed by atoms with Gasteiger partial charge in [0.1, 0.15) is 0 Å². The molecule has 6 radical (unpaired) electrons. The number of rotatable bonds is 18. The van der Waals surface area contributed by atoms with E-state index in [1.807, 2.05) is 0 Å². The van der Waals surface area contributed by atoms with Crippen molar-refractivity contribution in [1.82, 2.24) is 0 Å². The zero-order valence-corrected chi connectivity index (χ0v) is 32.1. The molecule has 36 heavy (non-hydrogen) atoms. The van der Waals surface area contributed by atoms with Crippen LogP contribution in [0.5, 0.6) is 0 Å². The monoisotopic (exact) mass is 654 g/mol. The van der Waals surface area contributed by atoms with Gasteiger partial charge in [-0.1, -0.05) is 155 Å². The SMILES string of the molecule is C1=C\[CH2][Ge][CH2]/C=C\[CH2][Ge][CH2]/1.CCCC[Si](CCCC)CCCC.CCCC[Si](CCCC)CCCC. The molecule has 0 saturated carbocycles. The second-order valence-electron chi connectivity index (χ2n) is 10.4. The van der Waals surface area contributed by atoms with Crippen LogP contribution < -0.4 is 0 Å². The van der Waals surface area contributed by atoms with E-state index in [1.165, 1.54) is 98.1 Å². The predicted octanol–water partition coefficient (Wildman–Crippen LogP) is 12.0. The zero-order chi connectivity index (χ0) is 27.0. The van der Waals surface area contributed by atoms with Crippen molar-refractivity contribution in [2.45, 2.75) is 176 Å². The minimum atomic E-state index is 0.0675. The Bertz CT molecular complexity index is 350. The second kappa shape index (κ2) is 36.0. The molecule has 4 heteroatoms. The summed E-state index contributed by atoms with van der Waals surface area (Å²) < 4.78 is 0. The van der Waals surface area contributed by atoms with E-state index in [4.69, 9.17) is 0 Å². The number of hydrogen-bond donors (Lipinski definition) is 0. The molecule has 1 rings (SSSR count). The summed E-state index contributed by atoms with van der Waals surface area (Å²) in [5, 5.41) is 5.65. The molecule has 0 unspecified atom stereocenters. The van der Waals surface area contributed by atoms with E-state index in [0.717, 1.165) is 0 Å². The van der Waals surface area contributed by atoms with Crippen LogP contribution in [0.4, 0.5) is 0 Å². The summed E-state index contributed by atoms with van der Waals surface area (Å²) in [7, 11) is 0.135. The minimum Gasteiger partial charge on any atom is -0.0654 e. The van der Waals surface area contributed by atoms with Gasteiger partial charge in [-0.15, -0.1) is 0 Å². The van der Waals surface area contributed by atoms with E-state index in [1.54, 1.807) is 36.3 Å². The van der Waals surface area contributed by atoms with E-state index >= 15 is 0 Å². The molecule has 1 heterocycles. The van der Waals surface area contributed by atoms with Gasteiger partial charge < -0.3 is 0 Å². The van der Waals surface area contributed by atoms with Gasteiger partial charge in [-0.05, 0) is 0 Å². The van der Waals surface area contributed by atoms with E-state index in [-0.39, 0.29) is 17.6 Å². The maximum Gasteiger partial charge on any atom is 0.0479 e. The number of allylic oxidation sites excluding steroid dienone is 4. The van der Waals surface area contributed by atoms with E-state index in [2.05, 4.69) is 65.8 Å². The first-order valence-electron chi connectivity index (χ1n) is 16.1. The Labute approximate surface area is 247 Å². The molecule has 0 bridgehead atoms. The third-order valence-corrected chi connectivity index (χ3v) is 17.5. The molecule has 0 saturated heterocycles. The molecular weight excluding hydrogens is 586 g/mol. The maximum atomic E-state index is 2.41. The van der Waals surface area contributed by atoms with Gasteiger partial charge in [0.15, 0.2) is 0 Å². The normalized spacial score (nSPS) is 15.6. The molecule has 210 valence electrons. The van der Waals surface area contributed by atoms with Gasteiger partial charge in [0.25, 0.3) is 0 Å². The fraction of sp³-hybridized carbons (Fsp3) is 0.875. The Morgan fingerprint density at radius 1 is 0.389 bits per heavy atom.